The minimum atomic E-state index is -0.324. The lowest BCUT2D eigenvalue weighted by molar-refractivity contribution is -0.128. The van der Waals surface area contributed by atoms with Crippen LogP contribution >= 0.6 is 0 Å². The van der Waals surface area contributed by atoms with E-state index < -0.39 is 0 Å². The van der Waals surface area contributed by atoms with Crippen LogP contribution in [-0.2, 0) is 20.7 Å². The van der Waals surface area contributed by atoms with Crippen LogP contribution in [0.2, 0.25) is 0 Å². The van der Waals surface area contributed by atoms with Gasteiger partial charge in [0.2, 0.25) is 5.91 Å². The molecule has 5 heteroatoms. The summed E-state index contributed by atoms with van der Waals surface area (Å²) in [5.74, 6) is -0.0680. The van der Waals surface area contributed by atoms with Gasteiger partial charge in [-0.3, -0.25) is 9.59 Å². The first-order valence-electron chi connectivity index (χ1n) is 6.23. The topological polar surface area (TPSA) is 61.9 Å². The van der Waals surface area contributed by atoms with Crippen molar-refractivity contribution in [2.45, 2.75) is 25.6 Å². The molecule has 0 bridgehead atoms. The van der Waals surface area contributed by atoms with Crippen LogP contribution in [0, 0.1) is 0 Å². The van der Waals surface area contributed by atoms with Crippen LogP contribution in [-0.4, -0.2) is 43.0 Å². The second kappa shape index (κ2) is 5.40. The van der Waals surface area contributed by atoms with Gasteiger partial charge in [-0.15, -0.1) is 0 Å². The fraction of sp³-hybridized carbons (Fsp3) is 0.429. The number of epoxide rings is 1. The minimum absolute atomic E-state index is 0.0111. The Morgan fingerprint density at radius 2 is 1.84 bits per heavy atom. The third-order valence-corrected chi connectivity index (χ3v) is 3.05. The van der Waals surface area contributed by atoms with Crippen molar-refractivity contribution in [3.8, 4) is 0 Å². The van der Waals surface area contributed by atoms with Gasteiger partial charge in [0.15, 0.2) is 6.10 Å². The van der Waals surface area contributed by atoms with Gasteiger partial charge in [0.1, 0.15) is 0 Å². The summed E-state index contributed by atoms with van der Waals surface area (Å²) in [6.45, 7) is 1.86. The molecule has 19 heavy (non-hydrogen) atoms. The summed E-state index contributed by atoms with van der Waals surface area (Å²) >= 11 is 0. The Labute approximate surface area is 112 Å². The first-order chi connectivity index (χ1) is 8.97. The summed E-state index contributed by atoms with van der Waals surface area (Å²) in [4.78, 5) is 24.7. The van der Waals surface area contributed by atoms with E-state index in [9.17, 15) is 9.59 Å². The summed E-state index contributed by atoms with van der Waals surface area (Å²) in [5, 5.41) is 2.78. The lowest BCUT2D eigenvalue weighted by atomic mass is 10.1. The standard InChI is InChI=1S/C14H18N2O3/c1-9-13(19-9)14(18)15-11-6-4-10(5-7-11)8-12(17)16(2)3/h4-7,9,13H,8H2,1-3H3,(H,15,18)/t9-,13+/m0/s1. The number of carbonyl (C=O) groups is 2. The highest BCUT2D eigenvalue weighted by atomic mass is 16.6. The number of amides is 2. The molecule has 102 valence electrons. The van der Waals surface area contributed by atoms with Gasteiger partial charge in [0.05, 0.1) is 12.5 Å². The fourth-order valence-corrected chi connectivity index (χ4v) is 1.71. The molecule has 1 aromatic rings. The number of carbonyl (C=O) groups excluding carboxylic acids is 2. The molecule has 5 nitrogen and oxygen atoms in total. The summed E-state index contributed by atoms with van der Waals surface area (Å²) in [5.41, 5.74) is 1.64. The molecule has 0 saturated carbocycles. The van der Waals surface area contributed by atoms with E-state index in [1.54, 1.807) is 31.1 Å². The first-order valence-corrected chi connectivity index (χ1v) is 6.23. The van der Waals surface area contributed by atoms with E-state index in [0.717, 1.165) is 5.56 Å². The smallest absolute Gasteiger partial charge is 0.256 e. The largest absolute Gasteiger partial charge is 0.359 e. The van der Waals surface area contributed by atoms with E-state index in [0.29, 0.717) is 12.1 Å². The summed E-state index contributed by atoms with van der Waals surface area (Å²) in [7, 11) is 3.46. The van der Waals surface area contributed by atoms with Crippen LogP contribution in [0.3, 0.4) is 0 Å². The second-order valence-corrected chi connectivity index (χ2v) is 4.91. The van der Waals surface area contributed by atoms with Crippen molar-refractivity contribution in [1.29, 1.82) is 0 Å². The number of nitrogens with zero attached hydrogens (tertiary/aromatic N) is 1. The van der Waals surface area contributed by atoms with Gasteiger partial charge < -0.3 is 15.0 Å². The van der Waals surface area contributed by atoms with Crippen LogP contribution in [0.1, 0.15) is 12.5 Å². The Balaban J connectivity index is 1.91. The molecular weight excluding hydrogens is 244 g/mol. The van der Waals surface area contributed by atoms with E-state index in [4.69, 9.17) is 4.74 Å². The predicted octanol–water partition coefficient (Wildman–Crippen LogP) is 1.04. The third kappa shape index (κ3) is 3.54. The quantitative estimate of drug-likeness (QED) is 0.825. The van der Waals surface area contributed by atoms with Crippen molar-refractivity contribution >= 4 is 17.5 Å². The predicted molar refractivity (Wildman–Crippen MR) is 71.8 cm³/mol. The molecule has 1 fully saturated rings. The molecule has 0 radical (unpaired) electrons. The minimum Gasteiger partial charge on any atom is -0.359 e. The zero-order valence-electron chi connectivity index (χ0n) is 11.3. The Hall–Kier alpha value is -1.88. The number of ether oxygens (including phenoxy) is 1. The lowest BCUT2D eigenvalue weighted by Crippen LogP contribution is -2.23. The molecular formula is C14H18N2O3. The molecule has 2 rings (SSSR count). The van der Waals surface area contributed by atoms with Gasteiger partial charge in [-0.1, -0.05) is 12.1 Å². The number of rotatable bonds is 4. The molecule has 1 N–H and O–H groups in total. The van der Waals surface area contributed by atoms with Crippen LogP contribution in [0.15, 0.2) is 24.3 Å². The molecule has 0 unspecified atom stereocenters. The molecule has 1 aliphatic heterocycles. The van der Waals surface area contributed by atoms with E-state index >= 15 is 0 Å². The van der Waals surface area contributed by atoms with E-state index in [2.05, 4.69) is 5.32 Å². The van der Waals surface area contributed by atoms with Crippen molar-refractivity contribution in [1.82, 2.24) is 4.90 Å². The zero-order valence-corrected chi connectivity index (χ0v) is 11.3. The van der Waals surface area contributed by atoms with Crippen LogP contribution < -0.4 is 5.32 Å². The summed E-state index contributed by atoms with van der Waals surface area (Å²) in [6.07, 6.45) is 0.0521. The number of benzene rings is 1. The van der Waals surface area contributed by atoms with E-state index in [-0.39, 0.29) is 24.0 Å². The molecule has 0 spiro atoms. The molecule has 1 aliphatic rings. The Bertz CT molecular complexity index is 482. The fourth-order valence-electron chi connectivity index (χ4n) is 1.71. The number of hydrogen-bond donors (Lipinski definition) is 1. The molecule has 1 aromatic carbocycles. The molecule has 1 saturated heterocycles. The maximum absolute atomic E-state index is 11.6. The Morgan fingerprint density at radius 1 is 1.26 bits per heavy atom. The monoisotopic (exact) mass is 262 g/mol. The van der Waals surface area contributed by atoms with Gasteiger partial charge in [-0.25, -0.2) is 0 Å². The molecule has 0 aliphatic carbocycles. The number of likely N-dealkylation sites (N-methyl/N-ethyl adjacent to an activating group) is 1. The third-order valence-electron chi connectivity index (χ3n) is 3.05. The SMILES string of the molecule is C[C@@H]1O[C@H]1C(=O)Nc1ccc(CC(=O)N(C)C)cc1. The van der Waals surface area contributed by atoms with Gasteiger partial charge in [-0.05, 0) is 24.6 Å². The highest BCUT2D eigenvalue weighted by Gasteiger charge is 2.41. The molecule has 2 atom stereocenters. The summed E-state index contributed by atoms with van der Waals surface area (Å²) in [6, 6.07) is 7.27. The van der Waals surface area contributed by atoms with Gasteiger partial charge in [0, 0.05) is 19.8 Å². The number of nitrogens with one attached hydrogen (secondary N) is 1. The lowest BCUT2D eigenvalue weighted by Gasteiger charge is -2.10. The Kier molecular flexibility index (Phi) is 3.85. The average molecular weight is 262 g/mol. The maximum atomic E-state index is 11.6. The molecule has 0 aromatic heterocycles. The van der Waals surface area contributed by atoms with E-state index in [1.165, 1.54) is 0 Å². The van der Waals surface area contributed by atoms with Crippen LogP contribution in [0.5, 0.6) is 0 Å². The van der Waals surface area contributed by atoms with Crippen LogP contribution in [0.4, 0.5) is 5.69 Å². The van der Waals surface area contributed by atoms with Gasteiger partial charge >= 0.3 is 0 Å². The zero-order chi connectivity index (χ0) is 14.0. The van der Waals surface area contributed by atoms with E-state index in [1.807, 2.05) is 19.1 Å². The highest BCUT2D eigenvalue weighted by Crippen LogP contribution is 2.22. The van der Waals surface area contributed by atoms with Crippen molar-refractivity contribution < 1.29 is 14.3 Å². The number of anilines is 1. The summed E-state index contributed by atoms with van der Waals surface area (Å²) < 4.78 is 5.09. The normalized spacial score (nSPS) is 20.8. The highest BCUT2D eigenvalue weighted by molar-refractivity contribution is 5.96. The van der Waals surface area contributed by atoms with Crippen molar-refractivity contribution in [3.63, 3.8) is 0 Å². The number of hydrogen-bond acceptors (Lipinski definition) is 3. The molecule has 1 heterocycles. The molecule has 2 amide bonds. The van der Waals surface area contributed by atoms with Crippen molar-refractivity contribution in [3.05, 3.63) is 29.8 Å². The van der Waals surface area contributed by atoms with Gasteiger partial charge in [0.25, 0.3) is 5.91 Å². The Morgan fingerprint density at radius 3 is 2.32 bits per heavy atom. The second-order valence-electron chi connectivity index (χ2n) is 4.91. The van der Waals surface area contributed by atoms with Crippen molar-refractivity contribution in [2.75, 3.05) is 19.4 Å². The van der Waals surface area contributed by atoms with Gasteiger partial charge in [-0.2, -0.15) is 0 Å². The maximum Gasteiger partial charge on any atom is 0.256 e. The first kappa shape index (κ1) is 13.5. The van der Waals surface area contributed by atoms with Crippen LogP contribution in [0.25, 0.3) is 0 Å². The average Bonchev–Trinajstić information content (AvgIpc) is 3.09. The van der Waals surface area contributed by atoms with Crippen molar-refractivity contribution in [2.24, 2.45) is 0 Å².